The number of hydrogen-bond donors (Lipinski definition) is 1. The Bertz CT molecular complexity index is 648. The minimum atomic E-state index is 0.688. The van der Waals surface area contributed by atoms with Gasteiger partial charge in [0, 0.05) is 44.4 Å². The van der Waals surface area contributed by atoms with Crippen LogP contribution in [0.2, 0.25) is 0 Å². The topological polar surface area (TPSA) is 44.3 Å². The van der Waals surface area contributed by atoms with Crippen LogP contribution in [0.15, 0.2) is 49.1 Å². The van der Waals surface area contributed by atoms with Crippen molar-refractivity contribution in [3.63, 3.8) is 0 Å². The Hall–Kier alpha value is -2.40. The molecule has 0 bridgehead atoms. The van der Waals surface area contributed by atoms with E-state index in [1.807, 2.05) is 30.3 Å². The van der Waals surface area contributed by atoms with E-state index in [2.05, 4.69) is 45.9 Å². The van der Waals surface area contributed by atoms with E-state index in [0.29, 0.717) is 6.54 Å². The van der Waals surface area contributed by atoms with Crippen LogP contribution in [0.1, 0.15) is 0 Å². The summed E-state index contributed by atoms with van der Waals surface area (Å²) < 4.78 is 0. The van der Waals surface area contributed by atoms with Crippen molar-refractivity contribution in [2.24, 2.45) is 0 Å². The summed E-state index contributed by atoms with van der Waals surface area (Å²) >= 11 is 0. The Kier molecular flexibility index (Phi) is 4.88. The van der Waals surface area contributed by atoms with Crippen molar-refractivity contribution in [2.75, 3.05) is 50.0 Å². The lowest BCUT2D eigenvalue weighted by atomic mass is 10.1. The van der Waals surface area contributed by atoms with Gasteiger partial charge < -0.3 is 15.1 Å². The lowest BCUT2D eigenvalue weighted by Gasteiger charge is -2.32. The first-order chi connectivity index (χ1) is 11.3. The van der Waals surface area contributed by atoms with Gasteiger partial charge in [-0.05, 0) is 7.05 Å². The third kappa shape index (κ3) is 3.87. The number of aromatic nitrogens is 2. The fraction of sp³-hybridized carbons (Fsp3) is 0.333. The molecule has 0 amide bonds. The van der Waals surface area contributed by atoms with E-state index < -0.39 is 0 Å². The highest BCUT2D eigenvalue weighted by molar-refractivity contribution is 5.64. The number of nitrogens with zero attached hydrogens (tertiary/aromatic N) is 4. The van der Waals surface area contributed by atoms with Crippen LogP contribution in [0.5, 0.6) is 0 Å². The molecule has 0 saturated carbocycles. The molecule has 2 heterocycles. The average Bonchev–Trinajstić information content (AvgIpc) is 2.61. The molecule has 1 fully saturated rings. The maximum Gasteiger partial charge on any atom is 0.227 e. The van der Waals surface area contributed by atoms with Gasteiger partial charge in [0.05, 0.1) is 5.69 Å². The van der Waals surface area contributed by atoms with Crippen LogP contribution in [0.4, 0.5) is 11.8 Å². The summed E-state index contributed by atoms with van der Waals surface area (Å²) in [5, 5.41) is 3.29. The average molecular weight is 309 g/mol. The number of benzene rings is 1. The Morgan fingerprint density at radius 3 is 2.57 bits per heavy atom. The van der Waals surface area contributed by atoms with Gasteiger partial charge in [-0.25, -0.2) is 4.98 Å². The summed E-state index contributed by atoms with van der Waals surface area (Å²) in [7, 11) is 2.15. The SMILES string of the molecule is C=CCNc1cc(-c2ccccc2)nc(N2CCN(C)CC2)n1. The van der Waals surface area contributed by atoms with E-state index in [9.17, 15) is 0 Å². The van der Waals surface area contributed by atoms with Crippen LogP contribution in [-0.4, -0.2) is 54.6 Å². The van der Waals surface area contributed by atoms with Crippen LogP contribution in [0.3, 0.4) is 0 Å². The van der Waals surface area contributed by atoms with Crippen LogP contribution in [0, 0.1) is 0 Å². The van der Waals surface area contributed by atoms with Gasteiger partial charge in [-0.1, -0.05) is 36.4 Å². The second kappa shape index (κ2) is 7.24. The number of anilines is 2. The first kappa shape index (κ1) is 15.5. The summed E-state index contributed by atoms with van der Waals surface area (Å²) in [5.41, 5.74) is 2.05. The molecule has 2 aromatic rings. The van der Waals surface area contributed by atoms with Crippen molar-refractivity contribution in [3.05, 3.63) is 49.1 Å². The summed E-state index contributed by atoms with van der Waals surface area (Å²) in [4.78, 5) is 14.1. The van der Waals surface area contributed by atoms with Gasteiger partial charge in [-0.3, -0.25) is 0 Å². The Morgan fingerprint density at radius 1 is 1.13 bits per heavy atom. The maximum atomic E-state index is 4.79. The van der Waals surface area contributed by atoms with Crippen molar-refractivity contribution in [2.45, 2.75) is 0 Å². The molecule has 0 radical (unpaired) electrons. The van der Waals surface area contributed by atoms with Gasteiger partial charge in [-0.2, -0.15) is 4.98 Å². The minimum absolute atomic E-state index is 0.688. The van der Waals surface area contributed by atoms with Gasteiger partial charge >= 0.3 is 0 Å². The van der Waals surface area contributed by atoms with E-state index in [0.717, 1.165) is 49.2 Å². The lowest BCUT2D eigenvalue weighted by Crippen LogP contribution is -2.45. The van der Waals surface area contributed by atoms with Crippen molar-refractivity contribution in [3.8, 4) is 11.3 Å². The van der Waals surface area contributed by atoms with Crippen molar-refractivity contribution in [1.82, 2.24) is 14.9 Å². The van der Waals surface area contributed by atoms with E-state index in [-0.39, 0.29) is 0 Å². The van der Waals surface area contributed by atoms with Gasteiger partial charge in [-0.15, -0.1) is 6.58 Å². The zero-order valence-electron chi connectivity index (χ0n) is 13.6. The second-order valence-corrected chi connectivity index (χ2v) is 5.76. The monoisotopic (exact) mass is 309 g/mol. The third-order valence-corrected chi connectivity index (χ3v) is 4.00. The maximum absolute atomic E-state index is 4.79. The largest absolute Gasteiger partial charge is 0.366 e. The molecular formula is C18H23N5. The van der Waals surface area contributed by atoms with Crippen LogP contribution in [-0.2, 0) is 0 Å². The van der Waals surface area contributed by atoms with Crippen LogP contribution in [0.25, 0.3) is 11.3 Å². The van der Waals surface area contributed by atoms with Gasteiger partial charge in [0.25, 0.3) is 0 Å². The molecule has 1 aromatic carbocycles. The molecule has 23 heavy (non-hydrogen) atoms. The second-order valence-electron chi connectivity index (χ2n) is 5.76. The van der Waals surface area contributed by atoms with E-state index in [1.165, 1.54) is 0 Å². The number of likely N-dealkylation sites (N-methyl/N-ethyl adjacent to an activating group) is 1. The smallest absolute Gasteiger partial charge is 0.227 e. The third-order valence-electron chi connectivity index (χ3n) is 4.00. The summed E-state index contributed by atoms with van der Waals surface area (Å²) in [6.45, 7) is 8.42. The first-order valence-corrected chi connectivity index (χ1v) is 7.99. The molecule has 1 saturated heterocycles. The predicted molar refractivity (Wildman–Crippen MR) is 95.9 cm³/mol. The fourth-order valence-corrected chi connectivity index (χ4v) is 2.61. The Morgan fingerprint density at radius 2 is 1.87 bits per heavy atom. The van der Waals surface area contributed by atoms with E-state index in [1.54, 1.807) is 0 Å². The molecule has 1 N–H and O–H groups in total. The molecule has 120 valence electrons. The van der Waals surface area contributed by atoms with Crippen molar-refractivity contribution < 1.29 is 0 Å². The molecule has 3 rings (SSSR count). The normalized spacial score (nSPS) is 15.4. The highest BCUT2D eigenvalue weighted by atomic mass is 15.3. The highest BCUT2D eigenvalue weighted by Gasteiger charge is 2.18. The zero-order valence-corrected chi connectivity index (χ0v) is 13.6. The lowest BCUT2D eigenvalue weighted by molar-refractivity contribution is 0.311. The molecule has 1 aromatic heterocycles. The fourth-order valence-electron chi connectivity index (χ4n) is 2.61. The summed E-state index contributed by atoms with van der Waals surface area (Å²) in [5.74, 6) is 1.64. The summed E-state index contributed by atoms with van der Waals surface area (Å²) in [6, 6.07) is 12.2. The van der Waals surface area contributed by atoms with Crippen LogP contribution < -0.4 is 10.2 Å². The quantitative estimate of drug-likeness (QED) is 0.860. The van der Waals surface area contributed by atoms with Gasteiger partial charge in [0.15, 0.2) is 0 Å². The standard InChI is InChI=1S/C18H23N5/c1-3-9-19-17-14-16(15-7-5-4-6-8-15)20-18(21-17)23-12-10-22(2)11-13-23/h3-8,14H,1,9-13H2,2H3,(H,19,20,21). The van der Waals surface area contributed by atoms with Crippen molar-refractivity contribution in [1.29, 1.82) is 0 Å². The molecule has 5 heteroatoms. The molecule has 0 spiro atoms. The minimum Gasteiger partial charge on any atom is -0.366 e. The van der Waals surface area contributed by atoms with Crippen LogP contribution >= 0.6 is 0 Å². The van der Waals surface area contributed by atoms with Gasteiger partial charge in [0.2, 0.25) is 5.95 Å². The molecule has 0 aliphatic carbocycles. The van der Waals surface area contributed by atoms with Crippen molar-refractivity contribution >= 4 is 11.8 Å². The number of hydrogen-bond acceptors (Lipinski definition) is 5. The number of nitrogens with one attached hydrogen (secondary N) is 1. The first-order valence-electron chi connectivity index (χ1n) is 7.99. The Balaban J connectivity index is 1.93. The summed E-state index contributed by atoms with van der Waals surface area (Å²) in [6.07, 6.45) is 1.83. The van der Waals surface area contributed by atoms with Gasteiger partial charge in [0.1, 0.15) is 5.82 Å². The van der Waals surface area contributed by atoms with E-state index in [4.69, 9.17) is 4.98 Å². The molecule has 1 aliphatic heterocycles. The molecule has 5 nitrogen and oxygen atoms in total. The zero-order chi connectivity index (χ0) is 16.1. The Labute approximate surface area is 137 Å². The highest BCUT2D eigenvalue weighted by Crippen LogP contribution is 2.23. The molecule has 1 aliphatic rings. The predicted octanol–water partition coefficient (Wildman–Crippen LogP) is 2.49. The van der Waals surface area contributed by atoms with E-state index >= 15 is 0 Å². The number of piperazine rings is 1. The molecule has 0 unspecified atom stereocenters. The molecule has 0 atom stereocenters. The molecular weight excluding hydrogens is 286 g/mol. The number of rotatable bonds is 5.